The van der Waals surface area contributed by atoms with E-state index in [9.17, 15) is 0 Å². The minimum atomic E-state index is -0.315. The maximum atomic E-state index is 8.56. The molecule has 0 aromatic rings. The van der Waals surface area contributed by atoms with Crippen molar-refractivity contribution in [1.29, 1.82) is 0 Å². The normalized spacial score (nSPS) is 34.5. The summed E-state index contributed by atoms with van der Waals surface area (Å²) < 4.78 is 0. The molecule has 1 heterocycles. The molecular weight excluding hydrogens is 80.0 g/mol. The lowest BCUT2D eigenvalue weighted by Crippen LogP contribution is -2.29. The summed E-state index contributed by atoms with van der Waals surface area (Å²) >= 11 is 0. The first-order valence-corrected chi connectivity index (χ1v) is 2.06. The van der Waals surface area contributed by atoms with Crippen molar-refractivity contribution in [2.75, 3.05) is 6.54 Å². The minimum absolute atomic E-state index is 0.315. The van der Waals surface area contributed by atoms with Gasteiger partial charge in [0.15, 0.2) is 0 Å². The Labute approximate surface area is 36.3 Å². The molecule has 1 unspecified atom stereocenters. The zero-order valence-corrected chi connectivity index (χ0v) is 3.44. The summed E-state index contributed by atoms with van der Waals surface area (Å²) in [7, 11) is 0. The molecule has 1 aliphatic rings. The van der Waals surface area contributed by atoms with Crippen LogP contribution in [0.1, 0.15) is 6.42 Å². The van der Waals surface area contributed by atoms with Crippen LogP contribution < -0.4 is 10.9 Å². The number of aliphatic hydroxyl groups excluding tert-OH is 1. The Balaban J connectivity index is 2.18. The Hall–Kier alpha value is -0.120. The molecule has 3 nitrogen and oxygen atoms in total. The predicted octanol–water partition coefficient (Wildman–Crippen LogP) is -1.20. The van der Waals surface area contributed by atoms with E-state index in [0.29, 0.717) is 0 Å². The van der Waals surface area contributed by atoms with Crippen LogP contribution in [-0.2, 0) is 0 Å². The van der Waals surface area contributed by atoms with Crippen LogP contribution in [-0.4, -0.2) is 17.9 Å². The number of hydrogen-bond acceptors (Lipinski definition) is 3. The Kier molecular flexibility index (Phi) is 1.05. The second-order valence-electron chi connectivity index (χ2n) is 1.38. The molecule has 0 amide bonds. The summed E-state index contributed by atoms with van der Waals surface area (Å²) in [6.07, 6.45) is 0.505. The van der Waals surface area contributed by atoms with Crippen molar-refractivity contribution in [3.63, 3.8) is 0 Å². The highest BCUT2D eigenvalue weighted by Gasteiger charge is 2.06. The third kappa shape index (κ3) is 0.680. The first kappa shape index (κ1) is 4.05. The van der Waals surface area contributed by atoms with E-state index in [4.69, 9.17) is 5.11 Å². The van der Waals surface area contributed by atoms with E-state index in [0.717, 1.165) is 13.0 Å². The van der Waals surface area contributed by atoms with E-state index in [1.54, 1.807) is 0 Å². The number of aliphatic hydroxyl groups is 1. The van der Waals surface area contributed by atoms with Gasteiger partial charge in [0.1, 0.15) is 6.23 Å². The van der Waals surface area contributed by atoms with Gasteiger partial charge in [0, 0.05) is 13.0 Å². The molecule has 0 spiro atoms. The predicted molar refractivity (Wildman–Crippen MR) is 21.8 cm³/mol. The van der Waals surface area contributed by atoms with Gasteiger partial charge in [0.05, 0.1) is 0 Å². The van der Waals surface area contributed by atoms with E-state index in [2.05, 4.69) is 10.9 Å². The molecule has 3 heteroatoms. The van der Waals surface area contributed by atoms with Crippen LogP contribution in [0.4, 0.5) is 0 Å². The molecule has 0 aromatic carbocycles. The van der Waals surface area contributed by atoms with Gasteiger partial charge >= 0.3 is 0 Å². The van der Waals surface area contributed by atoms with E-state index < -0.39 is 0 Å². The number of rotatable bonds is 0. The lowest BCUT2D eigenvalue weighted by atomic mass is 10.4. The molecule has 0 aromatic heterocycles. The molecule has 1 aliphatic heterocycles. The van der Waals surface area contributed by atoms with Gasteiger partial charge < -0.3 is 5.11 Å². The van der Waals surface area contributed by atoms with Crippen molar-refractivity contribution in [3.05, 3.63) is 0 Å². The maximum absolute atomic E-state index is 8.56. The highest BCUT2D eigenvalue weighted by atomic mass is 16.3. The van der Waals surface area contributed by atoms with Crippen molar-refractivity contribution in [2.45, 2.75) is 12.6 Å². The van der Waals surface area contributed by atoms with Gasteiger partial charge in [0.25, 0.3) is 0 Å². The second kappa shape index (κ2) is 1.55. The summed E-state index contributed by atoms with van der Waals surface area (Å²) in [5.74, 6) is 0. The lowest BCUT2D eigenvalue weighted by Gasteiger charge is -1.94. The van der Waals surface area contributed by atoms with Gasteiger partial charge in [-0.2, -0.15) is 0 Å². The van der Waals surface area contributed by atoms with Crippen molar-refractivity contribution in [1.82, 2.24) is 10.9 Å². The molecule has 1 saturated heterocycles. The Morgan fingerprint density at radius 1 is 1.67 bits per heavy atom. The smallest absolute Gasteiger partial charge is 0.118 e. The molecule has 1 atom stereocenters. The fraction of sp³-hybridized carbons (Fsp3) is 1.00. The van der Waals surface area contributed by atoms with Gasteiger partial charge in [-0.15, -0.1) is 0 Å². The molecule has 0 bridgehead atoms. The van der Waals surface area contributed by atoms with Crippen LogP contribution in [0.2, 0.25) is 0 Å². The zero-order chi connectivity index (χ0) is 4.41. The molecule has 1 fully saturated rings. The zero-order valence-electron chi connectivity index (χ0n) is 3.44. The highest BCUT2D eigenvalue weighted by Crippen LogP contribution is 1.86. The Bertz CT molecular complexity index is 42.1. The average molecular weight is 88.1 g/mol. The summed E-state index contributed by atoms with van der Waals surface area (Å²) in [5.41, 5.74) is 5.40. The van der Waals surface area contributed by atoms with Crippen molar-refractivity contribution in [3.8, 4) is 0 Å². The van der Waals surface area contributed by atoms with Crippen LogP contribution in [0, 0.1) is 0 Å². The van der Waals surface area contributed by atoms with Crippen molar-refractivity contribution >= 4 is 0 Å². The number of nitrogens with one attached hydrogen (secondary N) is 2. The lowest BCUT2D eigenvalue weighted by molar-refractivity contribution is 0.154. The first-order chi connectivity index (χ1) is 2.89. The van der Waals surface area contributed by atoms with Gasteiger partial charge in [0.2, 0.25) is 0 Å². The van der Waals surface area contributed by atoms with Crippen LogP contribution in [0.3, 0.4) is 0 Å². The average Bonchev–Trinajstić information content (AvgIpc) is 1.86. The quantitative estimate of drug-likeness (QED) is 0.348. The monoisotopic (exact) mass is 88.1 g/mol. The number of hydrazine groups is 1. The molecular formula is C3H8N2O. The molecule has 36 valence electrons. The topological polar surface area (TPSA) is 44.3 Å². The standard InChI is InChI=1S/C3H8N2O/c6-3-1-2-4-5-3/h3-6H,1-2H2. The second-order valence-corrected chi connectivity index (χ2v) is 1.38. The van der Waals surface area contributed by atoms with E-state index >= 15 is 0 Å². The SMILES string of the molecule is OC1CCNN1. The molecule has 0 aliphatic carbocycles. The summed E-state index contributed by atoms with van der Waals surface area (Å²) in [6.45, 7) is 0.876. The van der Waals surface area contributed by atoms with E-state index in [1.165, 1.54) is 0 Å². The van der Waals surface area contributed by atoms with Gasteiger partial charge in [-0.1, -0.05) is 0 Å². The van der Waals surface area contributed by atoms with Crippen molar-refractivity contribution < 1.29 is 5.11 Å². The van der Waals surface area contributed by atoms with Crippen LogP contribution in [0.5, 0.6) is 0 Å². The maximum Gasteiger partial charge on any atom is 0.118 e. The summed E-state index contributed by atoms with van der Waals surface area (Å²) in [4.78, 5) is 0. The minimum Gasteiger partial charge on any atom is -0.377 e. The van der Waals surface area contributed by atoms with E-state index in [1.807, 2.05) is 0 Å². The van der Waals surface area contributed by atoms with Crippen molar-refractivity contribution in [2.24, 2.45) is 0 Å². The molecule has 3 N–H and O–H groups in total. The highest BCUT2D eigenvalue weighted by molar-refractivity contribution is 4.57. The molecule has 6 heavy (non-hydrogen) atoms. The Morgan fingerprint density at radius 3 is 2.67 bits per heavy atom. The molecule has 1 rings (SSSR count). The molecule has 0 radical (unpaired) electrons. The van der Waals surface area contributed by atoms with Gasteiger partial charge in [-0.3, -0.25) is 5.43 Å². The molecule has 0 saturated carbocycles. The fourth-order valence-electron chi connectivity index (χ4n) is 0.471. The largest absolute Gasteiger partial charge is 0.377 e. The third-order valence-electron chi connectivity index (χ3n) is 0.811. The van der Waals surface area contributed by atoms with Gasteiger partial charge in [-0.25, -0.2) is 5.43 Å². The summed E-state index contributed by atoms with van der Waals surface area (Å²) in [5, 5.41) is 8.56. The van der Waals surface area contributed by atoms with Crippen LogP contribution in [0.15, 0.2) is 0 Å². The first-order valence-electron chi connectivity index (χ1n) is 2.06. The van der Waals surface area contributed by atoms with Gasteiger partial charge in [-0.05, 0) is 0 Å². The number of hydrogen-bond donors (Lipinski definition) is 3. The van der Waals surface area contributed by atoms with E-state index in [-0.39, 0.29) is 6.23 Å². The van der Waals surface area contributed by atoms with Crippen LogP contribution in [0.25, 0.3) is 0 Å². The Morgan fingerprint density at radius 2 is 2.50 bits per heavy atom. The summed E-state index contributed by atoms with van der Waals surface area (Å²) in [6, 6.07) is 0. The third-order valence-corrected chi connectivity index (χ3v) is 0.811. The van der Waals surface area contributed by atoms with Crippen LogP contribution >= 0.6 is 0 Å². The fourth-order valence-corrected chi connectivity index (χ4v) is 0.471.